The molecule has 0 unspecified atom stereocenters. The molecule has 11 heavy (non-hydrogen) atoms. The summed E-state index contributed by atoms with van der Waals surface area (Å²) in [6, 6.07) is 8.81. The summed E-state index contributed by atoms with van der Waals surface area (Å²) in [4.78, 5) is 0.666. The fourth-order valence-corrected chi connectivity index (χ4v) is 1.02. The number of nitrogens with one attached hydrogen (secondary N) is 1. The van der Waals surface area contributed by atoms with Crippen LogP contribution in [0.3, 0.4) is 0 Å². The van der Waals surface area contributed by atoms with Crippen LogP contribution in [0.2, 0.25) is 0 Å². The van der Waals surface area contributed by atoms with E-state index in [9.17, 15) is 0 Å². The summed E-state index contributed by atoms with van der Waals surface area (Å²) in [5.41, 5.74) is 0.536. The van der Waals surface area contributed by atoms with Crippen LogP contribution >= 0.6 is 12.6 Å². The second-order valence-electron chi connectivity index (χ2n) is 2.00. The van der Waals surface area contributed by atoms with E-state index in [0.717, 1.165) is 0 Å². The Morgan fingerprint density at radius 2 is 2.09 bits per heavy atom. The van der Waals surface area contributed by atoms with Crippen LogP contribution in [0.15, 0.2) is 29.2 Å². The number of thiol groups is 1. The highest BCUT2D eigenvalue weighted by Gasteiger charge is 2.01. The smallest absolute Gasteiger partial charge is 0.140 e. The molecule has 1 aromatic carbocycles. The van der Waals surface area contributed by atoms with Crippen LogP contribution < -0.4 is 0 Å². The minimum absolute atomic E-state index is 0.0457. The van der Waals surface area contributed by atoms with Crippen LogP contribution in [0.5, 0.6) is 0 Å². The molecule has 1 N–H and O–H groups in total. The maximum Gasteiger partial charge on any atom is 0.140 e. The van der Waals surface area contributed by atoms with Gasteiger partial charge in [0.15, 0.2) is 0 Å². The molecule has 0 aromatic heterocycles. The Labute approximate surface area is 70.4 Å². The first-order valence-electron chi connectivity index (χ1n) is 3.02. The van der Waals surface area contributed by atoms with Gasteiger partial charge in [-0.15, -0.1) is 12.6 Å². The zero-order valence-corrected chi connectivity index (χ0v) is 6.60. The van der Waals surface area contributed by atoms with Gasteiger partial charge in [0.1, 0.15) is 11.8 Å². The van der Waals surface area contributed by atoms with E-state index < -0.39 is 0 Å². The van der Waals surface area contributed by atoms with Crippen molar-refractivity contribution in [2.75, 3.05) is 0 Å². The van der Waals surface area contributed by atoms with Crippen molar-refractivity contribution < 1.29 is 0 Å². The topological polar surface area (TPSA) is 47.6 Å². The lowest BCUT2D eigenvalue weighted by Crippen LogP contribution is -1.94. The molecule has 0 spiro atoms. The molecule has 1 rings (SSSR count). The Morgan fingerprint density at radius 1 is 1.45 bits per heavy atom. The zero-order chi connectivity index (χ0) is 8.27. The second-order valence-corrected chi connectivity index (χ2v) is 2.49. The number of nitrogens with zero attached hydrogens (tertiary/aromatic N) is 1. The number of benzene rings is 1. The lowest BCUT2D eigenvalue weighted by atomic mass is 10.1. The third-order valence-electron chi connectivity index (χ3n) is 1.29. The lowest BCUT2D eigenvalue weighted by molar-refractivity contribution is 1.39. The Kier molecular flexibility index (Phi) is 2.29. The molecule has 0 bridgehead atoms. The molecule has 0 heterocycles. The molecule has 0 aliphatic heterocycles. The average molecular weight is 162 g/mol. The first-order chi connectivity index (χ1) is 5.25. The first kappa shape index (κ1) is 7.83. The van der Waals surface area contributed by atoms with E-state index in [2.05, 4.69) is 12.6 Å². The van der Waals surface area contributed by atoms with Gasteiger partial charge >= 0.3 is 0 Å². The van der Waals surface area contributed by atoms with Gasteiger partial charge in [0.05, 0.1) is 0 Å². The molecule has 3 heteroatoms. The lowest BCUT2D eigenvalue weighted by Gasteiger charge is -1.97. The normalized spacial score (nSPS) is 8.73. The summed E-state index contributed by atoms with van der Waals surface area (Å²) in [6.07, 6.45) is 0. The maximum atomic E-state index is 8.40. The van der Waals surface area contributed by atoms with E-state index in [1.807, 2.05) is 6.07 Å². The van der Waals surface area contributed by atoms with Gasteiger partial charge in [-0.05, 0) is 6.07 Å². The van der Waals surface area contributed by atoms with E-state index in [4.69, 9.17) is 10.7 Å². The zero-order valence-electron chi connectivity index (χ0n) is 5.70. The predicted octanol–water partition coefficient (Wildman–Crippen LogP) is 1.87. The van der Waals surface area contributed by atoms with Crippen molar-refractivity contribution in [1.29, 1.82) is 10.7 Å². The van der Waals surface area contributed by atoms with Crippen molar-refractivity contribution in [3.8, 4) is 6.07 Å². The fraction of sp³-hybridized carbons (Fsp3) is 0. The summed E-state index contributed by atoms with van der Waals surface area (Å²) in [6.45, 7) is 0. The third-order valence-corrected chi connectivity index (χ3v) is 1.68. The van der Waals surface area contributed by atoms with Crippen molar-refractivity contribution in [3.05, 3.63) is 29.8 Å². The molecule has 0 radical (unpaired) electrons. The van der Waals surface area contributed by atoms with E-state index >= 15 is 0 Å². The van der Waals surface area contributed by atoms with Crippen LogP contribution in [-0.4, -0.2) is 5.71 Å². The molecular formula is C8H6N2S. The number of hydrogen-bond donors (Lipinski definition) is 2. The van der Waals surface area contributed by atoms with Crippen LogP contribution in [-0.2, 0) is 0 Å². The quantitative estimate of drug-likeness (QED) is 0.480. The highest BCUT2D eigenvalue weighted by Crippen LogP contribution is 2.12. The average Bonchev–Trinajstić information content (AvgIpc) is 2.04. The minimum Gasteiger partial charge on any atom is -0.290 e. The van der Waals surface area contributed by atoms with Crippen molar-refractivity contribution >= 4 is 18.3 Å². The Balaban J connectivity index is 3.16. The van der Waals surface area contributed by atoms with Crippen molar-refractivity contribution in [3.63, 3.8) is 0 Å². The molecule has 2 nitrogen and oxygen atoms in total. The van der Waals surface area contributed by atoms with Gasteiger partial charge in [-0.1, -0.05) is 18.2 Å². The fourth-order valence-electron chi connectivity index (χ4n) is 0.745. The Hall–Kier alpha value is -1.27. The molecule has 54 valence electrons. The van der Waals surface area contributed by atoms with E-state index in [1.165, 1.54) is 0 Å². The largest absolute Gasteiger partial charge is 0.290 e. The molecular weight excluding hydrogens is 156 g/mol. The van der Waals surface area contributed by atoms with E-state index in [-0.39, 0.29) is 5.71 Å². The van der Waals surface area contributed by atoms with Crippen molar-refractivity contribution in [2.45, 2.75) is 4.90 Å². The summed E-state index contributed by atoms with van der Waals surface area (Å²) >= 11 is 4.10. The van der Waals surface area contributed by atoms with Gasteiger partial charge in [0.25, 0.3) is 0 Å². The number of rotatable bonds is 1. The highest BCUT2D eigenvalue weighted by atomic mass is 32.1. The van der Waals surface area contributed by atoms with Crippen LogP contribution in [0.4, 0.5) is 0 Å². The summed E-state index contributed by atoms with van der Waals surface area (Å²) in [7, 11) is 0. The SMILES string of the molecule is N#CC(=N)c1ccccc1S. The van der Waals surface area contributed by atoms with E-state index in [1.54, 1.807) is 24.3 Å². The molecule has 0 atom stereocenters. The molecule has 0 aliphatic rings. The Morgan fingerprint density at radius 3 is 2.64 bits per heavy atom. The number of hydrogen-bond acceptors (Lipinski definition) is 3. The van der Waals surface area contributed by atoms with Gasteiger partial charge < -0.3 is 0 Å². The summed E-state index contributed by atoms with van der Waals surface area (Å²) < 4.78 is 0. The molecule has 0 fully saturated rings. The minimum atomic E-state index is -0.0457. The molecule has 0 saturated heterocycles. The van der Waals surface area contributed by atoms with Gasteiger partial charge in [-0.2, -0.15) is 5.26 Å². The van der Waals surface area contributed by atoms with Gasteiger partial charge in [-0.3, -0.25) is 5.41 Å². The van der Waals surface area contributed by atoms with Crippen LogP contribution in [0.1, 0.15) is 5.56 Å². The van der Waals surface area contributed by atoms with Gasteiger partial charge in [0.2, 0.25) is 0 Å². The van der Waals surface area contributed by atoms with Gasteiger partial charge in [-0.25, -0.2) is 0 Å². The predicted molar refractivity (Wildman–Crippen MR) is 46.1 cm³/mol. The molecule has 0 amide bonds. The highest BCUT2D eigenvalue weighted by molar-refractivity contribution is 7.80. The van der Waals surface area contributed by atoms with Crippen LogP contribution in [0.25, 0.3) is 0 Å². The van der Waals surface area contributed by atoms with Crippen molar-refractivity contribution in [1.82, 2.24) is 0 Å². The third kappa shape index (κ3) is 1.60. The number of nitriles is 1. The monoisotopic (exact) mass is 162 g/mol. The second kappa shape index (κ2) is 3.22. The Bertz CT molecular complexity index is 325. The van der Waals surface area contributed by atoms with Gasteiger partial charge in [0, 0.05) is 10.5 Å². The molecule has 1 aromatic rings. The van der Waals surface area contributed by atoms with Crippen LogP contribution in [0, 0.1) is 16.7 Å². The molecule has 0 aliphatic carbocycles. The first-order valence-corrected chi connectivity index (χ1v) is 3.47. The summed E-state index contributed by atoms with van der Waals surface area (Å²) in [5, 5.41) is 15.6. The maximum absolute atomic E-state index is 8.40. The molecule has 0 saturated carbocycles. The van der Waals surface area contributed by atoms with E-state index in [0.29, 0.717) is 10.5 Å². The summed E-state index contributed by atoms with van der Waals surface area (Å²) in [5.74, 6) is 0. The standard InChI is InChI=1S/C8H6N2S/c9-5-7(10)6-3-1-2-4-8(6)11/h1-4,10-11H. The van der Waals surface area contributed by atoms with Crippen molar-refractivity contribution in [2.24, 2.45) is 0 Å².